The summed E-state index contributed by atoms with van der Waals surface area (Å²) in [6.45, 7) is 7.75. The number of pyridine rings is 1. The van der Waals surface area contributed by atoms with Gasteiger partial charge in [0.2, 0.25) is 5.95 Å². The molecule has 0 saturated heterocycles. The van der Waals surface area contributed by atoms with E-state index in [0.29, 0.717) is 29.4 Å². The van der Waals surface area contributed by atoms with E-state index in [1.54, 1.807) is 24.5 Å². The molecule has 0 fully saturated rings. The largest absolute Gasteiger partial charge is 0.395 e. The second-order valence-corrected chi connectivity index (χ2v) is 7.82. The van der Waals surface area contributed by atoms with Gasteiger partial charge in [0.25, 0.3) is 0 Å². The SMILES string of the molecule is [C-]#[N+]c1cccc(-c2nc(N)n3nc(C(NCCO)c4ccccc4)nc3c2-c2ccncc2)c1. The highest BCUT2D eigenvalue weighted by atomic mass is 16.3. The lowest BCUT2D eigenvalue weighted by Crippen LogP contribution is -2.26. The predicted molar refractivity (Wildman–Crippen MR) is 133 cm³/mol. The number of benzene rings is 2. The summed E-state index contributed by atoms with van der Waals surface area (Å²) in [5.74, 6) is 0.675. The standard InChI is InChI=1S/C26H22N8O/c1-28-20-9-5-8-19(16-20)22-21(17-10-12-29-13-11-17)25-32-24(33-34(25)26(27)31-22)23(30-14-15-35)18-6-3-2-4-7-18/h2-13,16,23,30,35H,14-15H2,(H2,27,31). The Hall–Kier alpha value is -4.65. The third-order valence-electron chi connectivity index (χ3n) is 5.60. The minimum Gasteiger partial charge on any atom is -0.395 e. The van der Waals surface area contributed by atoms with Gasteiger partial charge in [-0.2, -0.15) is 4.52 Å². The number of aromatic nitrogens is 5. The van der Waals surface area contributed by atoms with Gasteiger partial charge in [0.05, 0.1) is 30.5 Å². The molecule has 172 valence electrons. The average Bonchev–Trinajstić information content (AvgIpc) is 3.35. The van der Waals surface area contributed by atoms with Crippen molar-refractivity contribution < 1.29 is 5.11 Å². The first-order valence-corrected chi connectivity index (χ1v) is 11.0. The van der Waals surface area contributed by atoms with Crippen molar-refractivity contribution in [3.63, 3.8) is 0 Å². The number of hydrogen-bond acceptors (Lipinski definition) is 7. The Bertz CT molecular complexity index is 1510. The van der Waals surface area contributed by atoms with Crippen molar-refractivity contribution in [1.29, 1.82) is 0 Å². The molecule has 4 N–H and O–H groups in total. The quantitative estimate of drug-likeness (QED) is 0.316. The van der Waals surface area contributed by atoms with Crippen LogP contribution in [0.15, 0.2) is 79.1 Å². The fourth-order valence-electron chi connectivity index (χ4n) is 4.02. The number of nitrogens with zero attached hydrogens (tertiary/aromatic N) is 6. The van der Waals surface area contributed by atoms with Crippen LogP contribution in [0.5, 0.6) is 0 Å². The molecule has 9 heteroatoms. The van der Waals surface area contributed by atoms with Gasteiger partial charge >= 0.3 is 0 Å². The van der Waals surface area contributed by atoms with Gasteiger partial charge in [0.1, 0.15) is 0 Å². The molecule has 0 bridgehead atoms. The van der Waals surface area contributed by atoms with E-state index in [-0.39, 0.29) is 18.6 Å². The molecule has 0 amide bonds. The number of anilines is 1. The average molecular weight is 463 g/mol. The van der Waals surface area contributed by atoms with Crippen LogP contribution in [0.25, 0.3) is 32.9 Å². The Morgan fingerprint density at radius 1 is 1.00 bits per heavy atom. The predicted octanol–water partition coefficient (Wildman–Crippen LogP) is 3.66. The number of nitrogen functional groups attached to an aromatic ring is 1. The fraction of sp³-hybridized carbons (Fsp3) is 0.115. The number of rotatable bonds is 7. The lowest BCUT2D eigenvalue weighted by Gasteiger charge is -2.15. The van der Waals surface area contributed by atoms with Gasteiger partial charge < -0.3 is 16.2 Å². The van der Waals surface area contributed by atoms with E-state index in [9.17, 15) is 5.11 Å². The van der Waals surface area contributed by atoms with Crippen LogP contribution in [0, 0.1) is 6.57 Å². The highest BCUT2D eigenvalue weighted by Crippen LogP contribution is 2.36. The minimum absolute atomic E-state index is 0.0236. The van der Waals surface area contributed by atoms with Gasteiger partial charge in [0.15, 0.2) is 17.2 Å². The fourth-order valence-corrected chi connectivity index (χ4v) is 4.02. The van der Waals surface area contributed by atoms with Gasteiger partial charge in [-0.05, 0) is 34.9 Å². The molecule has 3 heterocycles. The maximum Gasteiger partial charge on any atom is 0.223 e. The van der Waals surface area contributed by atoms with Crippen LogP contribution in [-0.4, -0.2) is 42.8 Å². The van der Waals surface area contributed by atoms with Gasteiger partial charge in [-0.25, -0.2) is 14.8 Å². The number of aliphatic hydroxyl groups excluding tert-OH is 1. The Morgan fingerprint density at radius 3 is 2.54 bits per heavy atom. The molecular formula is C26H22N8O. The lowest BCUT2D eigenvalue weighted by atomic mass is 10.0. The summed E-state index contributed by atoms with van der Waals surface area (Å²) >= 11 is 0. The van der Waals surface area contributed by atoms with Gasteiger partial charge in [-0.15, -0.1) is 5.10 Å². The molecule has 0 aliphatic carbocycles. The molecule has 3 aromatic heterocycles. The van der Waals surface area contributed by atoms with Gasteiger partial charge in [-0.1, -0.05) is 48.5 Å². The molecule has 5 rings (SSSR count). The third kappa shape index (κ3) is 4.31. The smallest absolute Gasteiger partial charge is 0.223 e. The van der Waals surface area contributed by atoms with Gasteiger partial charge in [0, 0.05) is 18.9 Å². The topological polar surface area (TPSA) is 119 Å². The van der Waals surface area contributed by atoms with E-state index in [2.05, 4.69) is 20.1 Å². The van der Waals surface area contributed by atoms with Crippen molar-refractivity contribution in [3.05, 3.63) is 102 Å². The summed E-state index contributed by atoms with van der Waals surface area (Å²) in [5, 5.41) is 17.4. The summed E-state index contributed by atoms with van der Waals surface area (Å²) in [6.07, 6.45) is 3.41. The van der Waals surface area contributed by atoms with Crippen LogP contribution in [0.3, 0.4) is 0 Å². The summed E-state index contributed by atoms with van der Waals surface area (Å²) in [7, 11) is 0. The normalized spacial score (nSPS) is 11.9. The zero-order valence-corrected chi connectivity index (χ0v) is 18.7. The monoisotopic (exact) mass is 462 g/mol. The van der Waals surface area contributed by atoms with E-state index >= 15 is 0 Å². The molecule has 1 unspecified atom stereocenters. The van der Waals surface area contributed by atoms with E-state index in [4.69, 9.17) is 22.4 Å². The summed E-state index contributed by atoms with van der Waals surface area (Å²) in [6, 6.07) is 20.4. The molecule has 0 aliphatic rings. The van der Waals surface area contributed by atoms with Crippen molar-refractivity contribution in [2.24, 2.45) is 0 Å². The highest BCUT2D eigenvalue weighted by molar-refractivity contribution is 5.91. The number of aliphatic hydroxyl groups is 1. The lowest BCUT2D eigenvalue weighted by molar-refractivity contribution is 0.287. The van der Waals surface area contributed by atoms with Crippen molar-refractivity contribution in [2.45, 2.75) is 6.04 Å². The van der Waals surface area contributed by atoms with Crippen LogP contribution < -0.4 is 11.1 Å². The summed E-state index contributed by atoms with van der Waals surface area (Å²) in [4.78, 5) is 17.3. The Morgan fingerprint density at radius 2 is 1.80 bits per heavy atom. The molecule has 9 nitrogen and oxygen atoms in total. The molecule has 0 aliphatic heterocycles. The zero-order valence-electron chi connectivity index (χ0n) is 18.7. The van der Waals surface area contributed by atoms with Crippen molar-refractivity contribution in [2.75, 3.05) is 18.9 Å². The van der Waals surface area contributed by atoms with Crippen LogP contribution in [0.2, 0.25) is 0 Å². The van der Waals surface area contributed by atoms with E-state index < -0.39 is 0 Å². The molecule has 0 spiro atoms. The Balaban J connectivity index is 1.77. The molecule has 1 atom stereocenters. The second-order valence-electron chi connectivity index (χ2n) is 7.82. The molecule has 5 aromatic rings. The number of hydrogen-bond donors (Lipinski definition) is 3. The molecule has 2 aromatic carbocycles. The first-order valence-electron chi connectivity index (χ1n) is 11.0. The van der Waals surface area contributed by atoms with E-state index in [1.807, 2.05) is 54.6 Å². The summed E-state index contributed by atoms with van der Waals surface area (Å²) < 4.78 is 1.53. The van der Waals surface area contributed by atoms with Crippen LogP contribution in [0.1, 0.15) is 17.4 Å². The van der Waals surface area contributed by atoms with E-state index in [0.717, 1.165) is 22.3 Å². The van der Waals surface area contributed by atoms with E-state index in [1.165, 1.54) is 4.52 Å². The first kappa shape index (κ1) is 22.2. The molecule has 0 saturated carbocycles. The highest BCUT2D eigenvalue weighted by Gasteiger charge is 2.24. The minimum atomic E-state index is -0.359. The maximum atomic E-state index is 9.43. The molecule has 35 heavy (non-hydrogen) atoms. The Labute approximate surface area is 201 Å². The molecule has 0 radical (unpaired) electrons. The zero-order chi connectivity index (χ0) is 24.2. The first-order chi connectivity index (χ1) is 17.2. The van der Waals surface area contributed by atoms with Crippen molar-refractivity contribution in [1.82, 2.24) is 29.9 Å². The van der Waals surface area contributed by atoms with Crippen molar-refractivity contribution >= 4 is 17.3 Å². The number of nitrogens with two attached hydrogens (primary N) is 1. The van der Waals surface area contributed by atoms with Crippen LogP contribution in [0.4, 0.5) is 11.6 Å². The Kier molecular flexibility index (Phi) is 6.13. The summed E-state index contributed by atoms with van der Waals surface area (Å²) in [5.41, 5.74) is 11.3. The van der Waals surface area contributed by atoms with Crippen molar-refractivity contribution in [3.8, 4) is 22.4 Å². The van der Waals surface area contributed by atoms with Gasteiger partial charge in [-0.3, -0.25) is 4.98 Å². The van der Waals surface area contributed by atoms with Crippen LogP contribution >= 0.6 is 0 Å². The maximum absolute atomic E-state index is 9.43. The third-order valence-corrected chi connectivity index (χ3v) is 5.60. The number of nitrogens with one attached hydrogen (secondary N) is 1. The second kappa shape index (κ2) is 9.69. The molecular weight excluding hydrogens is 440 g/mol. The van der Waals surface area contributed by atoms with Crippen LogP contribution in [-0.2, 0) is 0 Å². The number of fused-ring (bicyclic) bond motifs is 1.